The van der Waals surface area contributed by atoms with E-state index in [0.717, 1.165) is 11.3 Å². The van der Waals surface area contributed by atoms with Crippen LogP contribution in [0.5, 0.6) is 5.75 Å². The van der Waals surface area contributed by atoms with Crippen LogP contribution in [0.2, 0.25) is 0 Å². The fourth-order valence-corrected chi connectivity index (χ4v) is 3.27. The first-order valence-electron chi connectivity index (χ1n) is 9.51. The minimum absolute atomic E-state index is 0.157. The van der Waals surface area contributed by atoms with Gasteiger partial charge < -0.3 is 10.4 Å². The summed E-state index contributed by atoms with van der Waals surface area (Å²) in [6.45, 7) is 6.09. The van der Waals surface area contributed by atoms with E-state index in [-0.39, 0.29) is 11.3 Å². The summed E-state index contributed by atoms with van der Waals surface area (Å²) < 4.78 is 1.51. The van der Waals surface area contributed by atoms with Gasteiger partial charge in [-0.1, -0.05) is 38.1 Å². The molecule has 0 saturated carbocycles. The van der Waals surface area contributed by atoms with Crippen molar-refractivity contribution in [3.8, 4) is 5.75 Å². The Morgan fingerprint density at radius 3 is 2.45 bits per heavy atom. The Labute approximate surface area is 168 Å². The number of anilines is 2. The predicted molar refractivity (Wildman–Crippen MR) is 115 cm³/mol. The predicted octanol–water partition coefficient (Wildman–Crippen LogP) is 3.82. The van der Waals surface area contributed by atoms with E-state index in [1.807, 2.05) is 12.1 Å². The van der Waals surface area contributed by atoms with E-state index in [9.17, 15) is 9.90 Å². The Morgan fingerprint density at radius 2 is 1.79 bits per heavy atom. The largest absolute Gasteiger partial charge is 0.508 e. The Kier molecular flexibility index (Phi) is 4.80. The molecule has 1 aliphatic heterocycles. The second-order valence-corrected chi connectivity index (χ2v) is 7.40. The van der Waals surface area contributed by atoms with Crippen LogP contribution in [-0.4, -0.2) is 20.6 Å². The number of nitrogens with one attached hydrogen (secondary N) is 2. The molecule has 7 nitrogen and oxygen atoms in total. The molecular weight excluding hydrogens is 366 g/mol. The highest BCUT2D eigenvalue weighted by Gasteiger charge is 2.25. The lowest BCUT2D eigenvalue weighted by molar-refractivity contribution is 0.474. The van der Waals surface area contributed by atoms with Crippen LogP contribution in [0.4, 0.5) is 11.6 Å². The fourth-order valence-electron chi connectivity index (χ4n) is 3.27. The van der Waals surface area contributed by atoms with Gasteiger partial charge >= 0.3 is 0 Å². The molecule has 29 heavy (non-hydrogen) atoms. The van der Waals surface area contributed by atoms with Crippen molar-refractivity contribution in [3.63, 3.8) is 0 Å². The average molecular weight is 389 g/mol. The Balaban J connectivity index is 1.73. The highest BCUT2D eigenvalue weighted by Crippen LogP contribution is 2.27. The van der Waals surface area contributed by atoms with Crippen molar-refractivity contribution in [1.82, 2.24) is 9.55 Å². The van der Waals surface area contributed by atoms with Crippen LogP contribution in [-0.2, 0) is 0 Å². The number of hydrogen-bond acceptors (Lipinski definition) is 6. The third-order valence-electron chi connectivity index (χ3n) is 4.84. The number of aryl methyl sites for hydroxylation is 1. The summed E-state index contributed by atoms with van der Waals surface area (Å²) in [6.07, 6.45) is -0.593. The zero-order chi connectivity index (χ0) is 20.5. The van der Waals surface area contributed by atoms with E-state index in [2.05, 4.69) is 41.6 Å². The van der Waals surface area contributed by atoms with E-state index in [0.29, 0.717) is 23.5 Å². The number of hydrogen-bond donors (Lipinski definition) is 3. The molecule has 1 aromatic heterocycles. The summed E-state index contributed by atoms with van der Waals surface area (Å²) >= 11 is 0. The number of benzene rings is 2. The van der Waals surface area contributed by atoms with Crippen molar-refractivity contribution in [2.75, 3.05) is 10.6 Å². The Morgan fingerprint density at radius 1 is 1.10 bits per heavy atom. The zero-order valence-electron chi connectivity index (χ0n) is 16.5. The molecule has 0 saturated heterocycles. The van der Waals surface area contributed by atoms with Crippen LogP contribution in [0, 0.1) is 6.92 Å². The molecule has 1 aliphatic rings. The fraction of sp³-hybridized carbons (Fsp3) is 0.227. The van der Waals surface area contributed by atoms with Crippen LogP contribution in [0.1, 0.15) is 42.8 Å². The number of nitrogens with zero attached hydrogens (tertiary/aromatic N) is 3. The maximum atomic E-state index is 12.6. The van der Waals surface area contributed by atoms with Gasteiger partial charge in [-0.2, -0.15) is 0 Å². The van der Waals surface area contributed by atoms with Crippen molar-refractivity contribution in [1.29, 1.82) is 0 Å². The number of aromatic hydroxyl groups is 1. The summed E-state index contributed by atoms with van der Waals surface area (Å²) in [4.78, 5) is 21.8. The van der Waals surface area contributed by atoms with E-state index >= 15 is 0 Å². The molecule has 7 heteroatoms. The SMILES string of the molecule is Cc1cc(=O)n2c(n1)NC(Nc1ccc(C(C)C)cc1)=N[C@@H]2c1ccc(O)cc1. The number of rotatable bonds is 3. The van der Waals surface area contributed by atoms with Crippen molar-refractivity contribution in [3.05, 3.63) is 81.8 Å². The topological polar surface area (TPSA) is 91.5 Å². The van der Waals surface area contributed by atoms with Crippen molar-refractivity contribution in [2.24, 2.45) is 4.99 Å². The highest BCUT2D eigenvalue weighted by molar-refractivity contribution is 6.03. The monoisotopic (exact) mass is 389 g/mol. The second-order valence-electron chi connectivity index (χ2n) is 7.40. The molecular formula is C22H23N5O2. The van der Waals surface area contributed by atoms with E-state index < -0.39 is 6.17 Å². The average Bonchev–Trinajstić information content (AvgIpc) is 2.68. The van der Waals surface area contributed by atoms with Gasteiger partial charge in [-0.15, -0.1) is 0 Å². The van der Waals surface area contributed by atoms with Crippen LogP contribution < -0.4 is 16.2 Å². The lowest BCUT2D eigenvalue weighted by Gasteiger charge is -2.27. The first-order valence-corrected chi connectivity index (χ1v) is 9.51. The van der Waals surface area contributed by atoms with Crippen LogP contribution in [0.25, 0.3) is 0 Å². The maximum absolute atomic E-state index is 12.6. The van der Waals surface area contributed by atoms with Crippen molar-refractivity contribution < 1.29 is 5.11 Å². The molecule has 148 valence electrons. The third kappa shape index (κ3) is 3.85. The number of phenols is 1. The van der Waals surface area contributed by atoms with Gasteiger partial charge in [-0.3, -0.25) is 14.7 Å². The molecule has 0 bridgehead atoms. The second kappa shape index (κ2) is 7.43. The minimum atomic E-state index is -0.593. The van der Waals surface area contributed by atoms with E-state index in [1.54, 1.807) is 31.2 Å². The van der Waals surface area contributed by atoms with E-state index in [1.165, 1.54) is 16.2 Å². The summed E-state index contributed by atoms with van der Waals surface area (Å²) in [5, 5.41) is 16.0. The van der Waals surface area contributed by atoms with Crippen LogP contribution in [0.3, 0.4) is 0 Å². The van der Waals surface area contributed by atoms with Gasteiger partial charge in [0.15, 0.2) is 6.17 Å². The molecule has 2 heterocycles. The summed E-state index contributed by atoms with van der Waals surface area (Å²) in [7, 11) is 0. The first-order chi connectivity index (χ1) is 13.9. The number of guanidine groups is 1. The maximum Gasteiger partial charge on any atom is 0.257 e. The molecule has 3 aromatic rings. The number of aromatic nitrogens is 2. The van der Waals surface area contributed by atoms with Gasteiger partial charge in [0.05, 0.1) is 0 Å². The van der Waals surface area contributed by atoms with Gasteiger partial charge in [0, 0.05) is 17.4 Å². The zero-order valence-corrected chi connectivity index (χ0v) is 16.5. The molecule has 2 aromatic carbocycles. The molecule has 3 N–H and O–H groups in total. The minimum Gasteiger partial charge on any atom is -0.508 e. The lowest BCUT2D eigenvalue weighted by atomic mass is 10.0. The molecule has 0 amide bonds. The van der Waals surface area contributed by atoms with Crippen molar-refractivity contribution in [2.45, 2.75) is 32.9 Å². The van der Waals surface area contributed by atoms with Crippen LogP contribution >= 0.6 is 0 Å². The van der Waals surface area contributed by atoms with Crippen molar-refractivity contribution >= 4 is 17.6 Å². The molecule has 0 aliphatic carbocycles. The molecule has 0 spiro atoms. The summed E-state index contributed by atoms with van der Waals surface area (Å²) in [5.74, 6) is 1.53. The number of fused-ring (bicyclic) bond motifs is 1. The number of phenolic OH excluding ortho intramolecular Hbond substituents is 1. The van der Waals surface area contributed by atoms with Gasteiger partial charge in [-0.05, 0) is 48.2 Å². The lowest BCUT2D eigenvalue weighted by Crippen LogP contribution is -2.37. The Hall–Kier alpha value is -3.61. The summed E-state index contributed by atoms with van der Waals surface area (Å²) in [5.41, 5.74) is 3.34. The van der Waals surface area contributed by atoms with Crippen LogP contribution in [0.15, 0.2) is 64.4 Å². The normalized spacial score (nSPS) is 15.4. The Bertz CT molecular complexity index is 1120. The third-order valence-corrected chi connectivity index (χ3v) is 4.84. The molecule has 0 radical (unpaired) electrons. The number of aliphatic imine (C=N–C) groups is 1. The van der Waals surface area contributed by atoms with Gasteiger partial charge in [0.2, 0.25) is 11.9 Å². The van der Waals surface area contributed by atoms with Gasteiger partial charge in [0.25, 0.3) is 5.56 Å². The highest BCUT2D eigenvalue weighted by atomic mass is 16.3. The van der Waals surface area contributed by atoms with Gasteiger partial charge in [0.1, 0.15) is 5.75 Å². The van der Waals surface area contributed by atoms with Gasteiger partial charge in [-0.25, -0.2) is 9.98 Å². The smallest absolute Gasteiger partial charge is 0.257 e. The summed E-state index contributed by atoms with van der Waals surface area (Å²) in [6, 6.07) is 16.3. The molecule has 4 rings (SSSR count). The quantitative estimate of drug-likeness (QED) is 0.633. The molecule has 0 unspecified atom stereocenters. The molecule has 0 fully saturated rings. The standard InChI is InChI=1S/C22H23N5O2/c1-13(2)15-4-8-17(9-5-15)24-21-25-20(16-6-10-18(28)11-7-16)27-19(29)12-14(3)23-22(27)26-21/h4-13,20,28H,1-3H3,(H2,23,24,25,26)/t20-/m0/s1. The first kappa shape index (κ1) is 18.7. The van der Waals surface area contributed by atoms with E-state index in [4.69, 9.17) is 4.99 Å². The molecule has 1 atom stereocenters.